The molecule has 1 rings (SSSR count). The van der Waals surface area contributed by atoms with Gasteiger partial charge in [0.15, 0.2) is 5.28 Å². The van der Waals surface area contributed by atoms with Gasteiger partial charge in [-0.05, 0) is 41.5 Å². The van der Waals surface area contributed by atoms with Crippen LogP contribution in [0, 0.1) is 0 Å². The van der Waals surface area contributed by atoms with Crippen LogP contribution in [-0.2, 0) is 13.6 Å². The molecule has 1 aliphatic heterocycles. The van der Waals surface area contributed by atoms with E-state index in [9.17, 15) is 4.57 Å². The molecule has 0 radical (unpaired) electrons. The van der Waals surface area contributed by atoms with Gasteiger partial charge in [0.2, 0.25) is 0 Å². The van der Waals surface area contributed by atoms with E-state index < -0.39 is 12.9 Å². The zero-order valence-electron chi connectivity index (χ0n) is 11.5. The van der Waals surface area contributed by atoms with Gasteiger partial charge in [-0.1, -0.05) is 0 Å². The van der Waals surface area contributed by atoms with Crippen molar-refractivity contribution in [2.45, 2.75) is 71.5 Å². The van der Waals surface area contributed by atoms with Crippen LogP contribution in [0.25, 0.3) is 0 Å². The summed E-state index contributed by atoms with van der Waals surface area (Å²) in [7, 11) is -3.29. The summed E-state index contributed by atoms with van der Waals surface area (Å²) in [6.07, 6.45) is 0.272. The molecule has 2 atom stereocenters. The van der Waals surface area contributed by atoms with E-state index in [0.29, 0.717) is 6.42 Å². The molecule has 100 valence electrons. The minimum atomic E-state index is -3.29. The molecule has 1 aliphatic rings. The van der Waals surface area contributed by atoms with Gasteiger partial charge < -0.3 is 9.05 Å². The molecule has 5 nitrogen and oxygen atoms in total. The van der Waals surface area contributed by atoms with E-state index in [1.807, 2.05) is 34.6 Å². The molecule has 0 aromatic heterocycles. The van der Waals surface area contributed by atoms with Crippen molar-refractivity contribution in [3.63, 3.8) is 0 Å². The van der Waals surface area contributed by atoms with Crippen LogP contribution in [0.1, 0.15) is 48.0 Å². The van der Waals surface area contributed by atoms with Crippen LogP contribution in [0.2, 0.25) is 0 Å². The van der Waals surface area contributed by atoms with E-state index in [-0.39, 0.29) is 18.2 Å². The topological polar surface area (TPSA) is 60.2 Å². The van der Waals surface area contributed by atoms with Gasteiger partial charge in [-0.2, -0.15) is 10.2 Å². The number of hydrogen-bond acceptors (Lipinski definition) is 5. The summed E-state index contributed by atoms with van der Waals surface area (Å²) in [5, 5.41) is 7.36. The molecule has 0 bridgehead atoms. The predicted octanol–water partition coefficient (Wildman–Crippen LogP) is 3.99. The van der Waals surface area contributed by atoms with Gasteiger partial charge >= 0.3 is 7.60 Å². The van der Waals surface area contributed by atoms with Crippen LogP contribution in [0.15, 0.2) is 10.2 Å². The average molecular weight is 262 g/mol. The first-order valence-electron chi connectivity index (χ1n) is 6.07. The van der Waals surface area contributed by atoms with Crippen LogP contribution in [0.5, 0.6) is 0 Å². The second-order valence-corrected chi connectivity index (χ2v) is 7.67. The van der Waals surface area contributed by atoms with Crippen LogP contribution in [-0.4, -0.2) is 23.5 Å². The molecule has 17 heavy (non-hydrogen) atoms. The van der Waals surface area contributed by atoms with Gasteiger partial charge in [0, 0.05) is 6.42 Å². The summed E-state index contributed by atoms with van der Waals surface area (Å²) in [6, 6.07) is 0.0693. The Kier molecular flexibility index (Phi) is 4.50. The Balaban J connectivity index is 2.98. The minimum Gasteiger partial charge on any atom is -0.304 e. The van der Waals surface area contributed by atoms with Crippen molar-refractivity contribution in [2.24, 2.45) is 10.2 Å². The van der Waals surface area contributed by atoms with Crippen molar-refractivity contribution in [2.75, 3.05) is 0 Å². The molecule has 0 saturated carbocycles. The SMILES string of the molecule is CC(C)OP(=O)(OC(C)C)[C@]1(C)C[C@H](C)N=N1. The number of rotatable bonds is 5. The fourth-order valence-corrected chi connectivity index (χ4v) is 4.10. The number of nitrogens with zero attached hydrogens (tertiary/aromatic N) is 2. The smallest absolute Gasteiger partial charge is 0.304 e. The largest absolute Gasteiger partial charge is 0.360 e. The lowest BCUT2D eigenvalue weighted by Crippen LogP contribution is -2.27. The molecule has 0 aromatic carbocycles. The van der Waals surface area contributed by atoms with Crippen LogP contribution >= 0.6 is 7.60 Å². The fourth-order valence-electron chi connectivity index (χ4n) is 1.84. The van der Waals surface area contributed by atoms with E-state index >= 15 is 0 Å². The summed E-state index contributed by atoms with van der Waals surface area (Å²) < 4.78 is 24.0. The summed E-state index contributed by atoms with van der Waals surface area (Å²) >= 11 is 0. The van der Waals surface area contributed by atoms with Crippen LogP contribution in [0.4, 0.5) is 0 Å². The molecule has 0 aromatic rings. The quantitative estimate of drug-likeness (QED) is 0.704. The summed E-state index contributed by atoms with van der Waals surface area (Å²) in [4.78, 5) is 0. The second kappa shape index (κ2) is 5.17. The van der Waals surface area contributed by atoms with Gasteiger partial charge in [0.25, 0.3) is 0 Å². The molecule has 0 fully saturated rings. The molecule has 0 spiro atoms. The van der Waals surface area contributed by atoms with Crippen molar-refractivity contribution in [3.05, 3.63) is 0 Å². The van der Waals surface area contributed by atoms with Crippen LogP contribution < -0.4 is 0 Å². The van der Waals surface area contributed by atoms with E-state index in [0.717, 1.165) is 0 Å². The Morgan fingerprint density at radius 1 is 1.24 bits per heavy atom. The van der Waals surface area contributed by atoms with Gasteiger partial charge in [-0.3, -0.25) is 4.57 Å². The maximum Gasteiger partial charge on any atom is 0.360 e. The molecule has 0 amide bonds. The number of azo groups is 1. The first-order chi connectivity index (χ1) is 7.68. The fraction of sp³-hybridized carbons (Fsp3) is 1.00. The van der Waals surface area contributed by atoms with Crippen molar-refractivity contribution in [1.29, 1.82) is 0 Å². The Morgan fingerprint density at radius 2 is 1.71 bits per heavy atom. The first kappa shape index (κ1) is 14.8. The highest BCUT2D eigenvalue weighted by atomic mass is 31.2. The monoisotopic (exact) mass is 262 g/mol. The van der Waals surface area contributed by atoms with Crippen molar-refractivity contribution in [3.8, 4) is 0 Å². The molecule has 0 unspecified atom stereocenters. The lowest BCUT2D eigenvalue weighted by Gasteiger charge is -2.32. The van der Waals surface area contributed by atoms with Gasteiger partial charge in [0.05, 0.1) is 18.2 Å². The highest BCUT2D eigenvalue weighted by molar-refractivity contribution is 7.55. The standard InChI is InChI=1S/C11H23N2O3P/c1-8(2)15-17(14,16-9(3)4)11(6)7-10(5)12-13-11/h8-10H,7H2,1-6H3/t10-,11+/m0/s1. The summed E-state index contributed by atoms with van der Waals surface area (Å²) in [5.74, 6) is 0. The first-order valence-corrected chi connectivity index (χ1v) is 7.62. The lowest BCUT2D eigenvalue weighted by atomic mass is 10.2. The Bertz CT molecular complexity index is 330. The van der Waals surface area contributed by atoms with Crippen molar-refractivity contribution in [1.82, 2.24) is 0 Å². The van der Waals surface area contributed by atoms with Crippen molar-refractivity contribution >= 4 is 7.60 Å². The van der Waals surface area contributed by atoms with E-state index in [1.54, 1.807) is 6.92 Å². The third-order valence-electron chi connectivity index (χ3n) is 2.44. The normalized spacial score (nSPS) is 29.5. The van der Waals surface area contributed by atoms with E-state index in [2.05, 4.69) is 10.2 Å². The average Bonchev–Trinajstić information content (AvgIpc) is 2.44. The lowest BCUT2D eigenvalue weighted by molar-refractivity contribution is 0.127. The maximum atomic E-state index is 12.9. The third kappa shape index (κ3) is 3.36. The highest BCUT2D eigenvalue weighted by Gasteiger charge is 2.52. The molecule has 1 heterocycles. The molecule has 0 saturated heterocycles. The van der Waals surface area contributed by atoms with Gasteiger partial charge in [0.1, 0.15) is 0 Å². The molecule has 6 heteroatoms. The maximum absolute atomic E-state index is 12.9. The second-order valence-electron chi connectivity index (χ2n) is 5.29. The number of hydrogen-bond donors (Lipinski definition) is 0. The summed E-state index contributed by atoms with van der Waals surface area (Å²) in [6.45, 7) is 11.1. The molecule has 0 aliphatic carbocycles. The van der Waals surface area contributed by atoms with E-state index in [4.69, 9.17) is 9.05 Å². The molecular weight excluding hydrogens is 239 g/mol. The van der Waals surface area contributed by atoms with Gasteiger partial charge in [-0.15, -0.1) is 0 Å². The van der Waals surface area contributed by atoms with Gasteiger partial charge in [-0.25, -0.2) is 0 Å². The molecular formula is C11H23N2O3P. The Labute approximate surface area is 104 Å². The Hall–Kier alpha value is -0.250. The minimum absolute atomic E-state index is 0.0693. The zero-order chi connectivity index (χ0) is 13.3. The zero-order valence-corrected chi connectivity index (χ0v) is 12.4. The predicted molar refractivity (Wildman–Crippen MR) is 67.4 cm³/mol. The third-order valence-corrected chi connectivity index (χ3v) is 5.29. The van der Waals surface area contributed by atoms with E-state index in [1.165, 1.54) is 0 Å². The Morgan fingerprint density at radius 3 is 2.00 bits per heavy atom. The highest BCUT2D eigenvalue weighted by Crippen LogP contribution is 2.65. The van der Waals surface area contributed by atoms with Crippen LogP contribution in [0.3, 0.4) is 0 Å². The molecule has 0 N–H and O–H groups in total. The van der Waals surface area contributed by atoms with Crippen molar-refractivity contribution < 1.29 is 13.6 Å². The summed E-state index contributed by atoms with van der Waals surface area (Å²) in [5.41, 5.74) is 0.